The van der Waals surface area contributed by atoms with Gasteiger partial charge in [-0.1, -0.05) is 48.5 Å². The minimum atomic E-state index is -0.483. The molecule has 4 rings (SSSR count). The lowest BCUT2D eigenvalue weighted by Crippen LogP contribution is -2.18. The summed E-state index contributed by atoms with van der Waals surface area (Å²) in [5.41, 5.74) is 2.19. The first kappa shape index (κ1) is 17.0. The summed E-state index contributed by atoms with van der Waals surface area (Å²) < 4.78 is 21.5. The molecule has 0 aliphatic carbocycles. The van der Waals surface area contributed by atoms with Gasteiger partial charge in [-0.05, 0) is 29.3 Å². The maximum atomic E-state index is 12.1. The zero-order valence-electron chi connectivity index (χ0n) is 14.6. The Labute approximate surface area is 157 Å². The highest BCUT2D eigenvalue weighted by Crippen LogP contribution is 2.35. The molecule has 0 amide bonds. The van der Waals surface area contributed by atoms with Crippen molar-refractivity contribution in [2.24, 2.45) is 0 Å². The van der Waals surface area contributed by atoms with Crippen molar-refractivity contribution in [3.8, 4) is 23.0 Å². The summed E-state index contributed by atoms with van der Waals surface area (Å²) in [6, 6.07) is 22.8. The van der Waals surface area contributed by atoms with Crippen LogP contribution in [-0.2, 0) is 11.2 Å². The van der Waals surface area contributed by atoms with Crippen molar-refractivity contribution in [3.05, 3.63) is 83.9 Å². The first-order valence-electron chi connectivity index (χ1n) is 8.63. The molecule has 1 aliphatic rings. The summed E-state index contributed by atoms with van der Waals surface area (Å²) in [7, 11) is 0. The highest BCUT2D eigenvalue weighted by Gasteiger charge is 2.15. The predicted octanol–water partition coefficient (Wildman–Crippen LogP) is 3.99. The van der Waals surface area contributed by atoms with Gasteiger partial charge in [-0.25, -0.2) is 4.79 Å². The largest absolute Gasteiger partial charge is 0.482 e. The highest BCUT2D eigenvalue weighted by molar-refractivity contribution is 5.74. The molecule has 0 aromatic heterocycles. The molecule has 0 saturated carbocycles. The van der Waals surface area contributed by atoms with Crippen molar-refractivity contribution in [1.82, 2.24) is 0 Å². The van der Waals surface area contributed by atoms with Gasteiger partial charge < -0.3 is 18.9 Å². The van der Waals surface area contributed by atoms with Gasteiger partial charge >= 0.3 is 5.97 Å². The third kappa shape index (κ3) is 4.20. The van der Waals surface area contributed by atoms with Gasteiger partial charge in [0.1, 0.15) is 11.5 Å². The van der Waals surface area contributed by atoms with Crippen LogP contribution in [0.5, 0.6) is 23.0 Å². The topological polar surface area (TPSA) is 54.0 Å². The monoisotopic (exact) mass is 362 g/mol. The van der Waals surface area contributed by atoms with Gasteiger partial charge in [-0.15, -0.1) is 0 Å². The normalized spacial score (nSPS) is 11.9. The van der Waals surface area contributed by atoms with Crippen molar-refractivity contribution in [3.63, 3.8) is 0 Å². The average Bonchev–Trinajstić information content (AvgIpc) is 3.16. The molecule has 5 nitrogen and oxygen atoms in total. The number of carbonyl (C=O) groups excluding carboxylic acids is 1. The SMILES string of the molecule is O=C(COc1ccccc1Cc1ccccc1)Oc1ccc2c(c1)OCO2. The predicted molar refractivity (Wildman–Crippen MR) is 99.4 cm³/mol. The summed E-state index contributed by atoms with van der Waals surface area (Å²) in [5.74, 6) is 1.79. The Hall–Kier alpha value is -3.47. The summed E-state index contributed by atoms with van der Waals surface area (Å²) >= 11 is 0. The fourth-order valence-corrected chi connectivity index (χ4v) is 2.84. The number of ether oxygens (including phenoxy) is 4. The Morgan fingerprint density at radius 1 is 0.889 bits per heavy atom. The molecule has 0 unspecified atom stereocenters. The third-order valence-corrected chi connectivity index (χ3v) is 4.13. The highest BCUT2D eigenvalue weighted by atomic mass is 16.7. The number of fused-ring (bicyclic) bond motifs is 1. The van der Waals surface area contributed by atoms with Gasteiger partial charge in [-0.2, -0.15) is 0 Å². The van der Waals surface area contributed by atoms with Gasteiger partial charge in [0.15, 0.2) is 18.1 Å². The van der Waals surface area contributed by atoms with Crippen molar-refractivity contribution in [2.75, 3.05) is 13.4 Å². The number of carbonyl (C=O) groups is 1. The van der Waals surface area contributed by atoms with Crippen molar-refractivity contribution in [1.29, 1.82) is 0 Å². The van der Waals surface area contributed by atoms with E-state index in [0.717, 1.165) is 12.0 Å². The van der Waals surface area contributed by atoms with E-state index >= 15 is 0 Å². The molecule has 5 heteroatoms. The maximum absolute atomic E-state index is 12.1. The number of benzene rings is 3. The zero-order chi connectivity index (χ0) is 18.5. The molecule has 0 bridgehead atoms. The number of hydrogen-bond donors (Lipinski definition) is 0. The van der Waals surface area contributed by atoms with E-state index < -0.39 is 5.97 Å². The molecule has 0 spiro atoms. The molecule has 3 aromatic rings. The van der Waals surface area contributed by atoms with Crippen LogP contribution in [0.1, 0.15) is 11.1 Å². The molecular weight excluding hydrogens is 344 g/mol. The smallest absolute Gasteiger partial charge is 0.349 e. The Morgan fingerprint density at radius 2 is 1.67 bits per heavy atom. The lowest BCUT2D eigenvalue weighted by atomic mass is 10.0. The van der Waals surface area contributed by atoms with Crippen LogP contribution in [0.4, 0.5) is 0 Å². The Kier molecular flexibility index (Phi) is 4.92. The van der Waals surface area contributed by atoms with Crippen LogP contribution in [0.2, 0.25) is 0 Å². The van der Waals surface area contributed by atoms with Crippen LogP contribution in [0, 0.1) is 0 Å². The van der Waals surface area contributed by atoms with E-state index in [4.69, 9.17) is 18.9 Å². The summed E-state index contributed by atoms with van der Waals surface area (Å²) in [5, 5.41) is 0. The number of para-hydroxylation sites is 1. The Balaban J connectivity index is 1.38. The van der Waals surface area contributed by atoms with Gasteiger partial charge in [0.2, 0.25) is 6.79 Å². The van der Waals surface area contributed by atoms with Gasteiger partial charge in [0, 0.05) is 12.5 Å². The molecule has 136 valence electrons. The van der Waals surface area contributed by atoms with E-state index in [2.05, 4.69) is 12.1 Å². The van der Waals surface area contributed by atoms with Crippen LogP contribution < -0.4 is 18.9 Å². The molecule has 0 saturated heterocycles. The van der Waals surface area contributed by atoms with E-state index in [9.17, 15) is 4.79 Å². The van der Waals surface area contributed by atoms with Gasteiger partial charge in [0.25, 0.3) is 0 Å². The second-order valence-electron chi connectivity index (χ2n) is 6.05. The number of rotatable bonds is 6. The van der Waals surface area contributed by atoms with Gasteiger partial charge in [0.05, 0.1) is 0 Å². The third-order valence-electron chi connectivity index (χ3n) is 4.13. The van der Waals surface area contributed by atoms with Crippen LogP contribution in [0.15, 0.2) is 72.8 Å². The van der Waals surface area contributed by atoms with Crippen LogP contribution in [-0.4, -0.2) is 19.4 Å². The standard InChI is InChI=1S/C22H18O5/c23-22(27-18-10-11-20-21(13-18)26-15-25-20)14-24-19-9-5-4-8-17(19)12-16-6-2-1-3-7-16/h1-11,13H,12,14-15H2. The van der Waals surface area contributed by atoms with E-state index in [1.54, 1.807) is 18.2 Å². The lowest BCUT2D eigenvalue weighted by molar-refractivity contribution is -0.136. The molecule has 0 atom stereocenters. The minimum absolute atomic E-state index is 0.175. The van der Waals surface area contributed by atoms with E-state index in [0.29, 0.717) is 23.0 Å². The van der Waals surface area contributed by atoms with Crippen LogP contribution >= 0.6 is 0 Å². The summed E-state index contributed by atoms with van der Waals surface area (Å²) in [6.45, 7) is -0.00567. The quantitative estimate of drug-likeness (QED) is 0.490. The van der Waals surface area contributed by atoms with E-state index in [1.807, 2.05) is 42.5 Å². The fraction of sp³-hybridized carbons (Fsp3) is 0.136. The second-order valence-corrected chi connectivity index (χ2v) is 6.05. The molecule has 0 N–H and O–H groups in total. The fourth-order valence-electron chi connectivity index (χ4n) is 2.84. The zero-order valence-corrected chi connectivity index (χ0v) is 14.6. The minimum Gasteiger partial charge on any atom is -0.482 e. The summed E-state index contributed by atoms with van der Waals surface area (Å²) in [6.07, 6.45) is 0.730. The summed E-state index contributed by atoms with van der Waals surface area (Å²) in [4.78, 5) is 12.1. The molecule has 0 radical (unpaired) electrons. The number of hydrogen-bond acceptors (Lipinski definition) is 5. The maximum Gasteiger partial charge on any atom is 0.349 e. The van der Waals surface area contributed by atoms with Crippen molar-refractivity contribution in [2.45, 2.75) is 6.42 Å². The van der Waals surface area contributed by atoms with E-state index in [1.165, 1.54) is 5.56 Å². The molecule has 1 heterocycles. The average molecular weight is 362 g/mol. The first-order chi connectivity index (χ1) is 13.3. The molecule has 3 aromatic carbocycles. The molecule has 1 aliphatic heterocycles. The van der Waals surface area contributed by atoms with Gasteiger partial charge in [-0.3, -0.25) is 0 Å². The Morgan fingerprint density at radius 3 is 2.56 bits per heavy atom. The molecule has 0 fully saturated rings. The van der Waals surface area contributed by atoms with Crippen molar-refractivity contribution < 1.29 is 23.7 Å². The van der Waals surface area contributed by atoms with Crippen LogP contribution in [0.3, 0.4) is 0 Å². The molecule has 27 heavy (non-hydrogen) atoms. The second kappa shape index (κ2) is 7.83. The lowest BCUT2D eigenvalue weighted by Gasteiger charge is -2.11. The first-order valence-corrected chi connectivity index (χ1v) is 8.63. The Bertz CT molecular complexity index is 936. The van der Waals surface area contributed by atoms with Crippen molar-refractivity contribution >= 4 is 5.97 Å². The molecular formula is C22H18O5. The van der Waals surface area contributed by atoms with E-state index in [-0.39, 0.29) is 13.4 Å². The number of esters is 1. The van der Waals surface area contributed by atoms with Crippen LogP contribution in [0.25, 0.3) is 0 Å².